The monoisotopic (exact) mass is 430 g/mol. The Labute approximate surface area is 188 Å². The Bertz CT molecular complexity index is 848. The van der Waals surface area contributed by atoms with Gasteiger partial charge >= 0.3 is 0 Å². The number of benzene rings is 3. The van der Waals surface area contributed by atoms with E-state index in [1.807, 2.05) is 30.3 Å². The van der Waals surface area contributed by atoms with Crippen LogP contribution in [0.25, 0.3) is 0 Å². The van der Waals surface area contributed by atoms with Gasteiger partial charge in [0, 0.05) is 13.1 Å². The van der Waals surface area contributed by atoms with Crippen LogP contribution in [0.2, 0.25) is 19.6 Å². The van der Waals surface area contributed by atoms with Crippen molar-refractivity contribution in [1.29, 1.82) is 5.26 Å². The maximum absolute atomic E-state index is 9.01. The van der Waals surface area contributed by atoms with E-state index in [0.717, 1.165) is 25.9 Å². The summed E-state index contributed by atoms with van der Waals surface area (Å²) >= 11 is 0. The van der Waals surface area contributed by atoms with Crippen LogP contribution in [0.3, 0.4) is 0 Å². The molecule has 3 rings (SSSR count). The van der Waals surface area contributed by atoms with Gasteiger partial charge in [-0.15, -0.1) is 0 Å². The van der Waals surface area contributed by atoms with Gasteiger partial charge in [0.25, 0.3) is 0 Å². The Morgan fingerprint density at radius 3 is 1.55 bits per heavy atom. The molecule has 0 saturated heterocycles. The summed E-state index contributed by atoms with van der Waals surface area (Å²) in [7, 11) is -1.60. The van der Waals surface area contributed by atoms with Gasteiger partial charge in [0.2, 0.25) is 0 Å². The van der Waals surface area contributed by atoms with Crippen molar-refractivity contribution in [2.75, 3.05) is 0 Å². The van der Waals surface area contributed by atoms with Gasteiger partial charge in [-0.2, -0.15) is 5.26 Å². The first-order chi connectivity index (χ1) is 15.0. The Kier molecular flexibility index (Phi) is 10.7. The molecule has 0 unspecified atom stereocenters. The number of nitriles is 1. The van der Waals surface area contributed by atoms with Crippen LogP contribution in [0.15, 0.2) is 91.0 Å². The topological polar surface area (TPSA) is 45.0 Å². The second-order valence-electron chi connectivity index (χ2n) is 8.45. The molecule has 3 nitrogen and oxygen atoms in total. The van der Waals surface area contributed by atoms with Crippen molar-refractivity contribution in [3.8, 4) is 6.07 Å². The lowest BCUT2D eigenvalue weighted by atomic mass is 10.1. The van der Waals surface area contributed by atoms with Gasteiger partial charge in [-0.1, -0.05) is 91.0 Å². The van der Waals surface area contributed by atoms with Crippen molar-refractivity contribution < 1.29 is 4.43 Å². The molecule has 0 saturated carbocycles. The minimum atomic E-state index is -1.60. The fourth-order valence-corrected chi connectivity index (χ4v) is 4.09. The second-order valence-corrected chi connectivity index (χ2v) is 12.9. The highest BCUT2D eigenvalue weighted by molar-refractivity contribution is 6.69. The molecule has 1 atom stereocenters. The van der Waals surface area contributed by atoms with Crippen LogP contribution in [0.1, 0.15) is 23.1 Å². The molecule has 1 N–H and O–H groups in total. The van der Waals surface area contributed by atoms with Gasteiger partial charge in [0.15, 0.2) is 8.32 Å². The number of nitrogens with zero attached hydrogens (tertiary/aromatic N) is 1. The molecule has 0 aliphatic rings. The van der Waals surface area contributed by atoms with Crippen LogP contribution in [-0.4, -0.2) is 14.4 Å². The van der Waals surface area contributed by atoms with Gasteiger partial charge in [0.1, 0.15) is 6.10 Å². The molecule has 4 heteroatoms. The molecule has 0 aromatic heterocycles. The lowest BCUT2D eigenvalue weighted by Crippen LogP contribution is -2.31. The third kappa shape index (κ3) is 11.3. The van der Waals surface area contributed by atoms with E-state index in [0.29, 0.717) is 0 Å². The van der Waals surface area contributed by atoms with Crippen molar-refractivity contribution in [2.45, 2.75) is 51.7 Å². The number of rotatable bonds is 9. The average Bonchev–Trinajstić information content (AvgIpc) is 2.78. The molecule has 31 heavy (non-hydrogen) atoms. The lowest BCUT2D eigenvalue weighted by molar-refractivity contribution is 0.238. The number of hydrogen-bond donors (Lipinski definition) is 1. The molecule has 3 aromatic carbocycles. The van der Waals surface area contributed by atoms with Crippen molar-refractivity contribution in [3.63, 3.8) is 0 Å². The van der Waals surface area contributed by atoms with E-state index in [2.05, 4.69) is 91.7 Å². The van der Waals surface area contributed by atoms with Crippen LogP contribution in [0.4, 0.5) is 0 Å². The third-order valence-corrected chi connectivity index (χ3v) is 5.51. The summed E-state index contributed by atoms with van der Waals surface area (Å²) in [5, 5.41) is 12.4. The number of aryl methyl sites for hydroxylation is 1. The second kappa shape index (κ2) is 13.6. The summed E-state index contributed by atoms with van der Waals surface area (Å²) < 4.78 is 5.79. The minimum absolute atomic E-state index is 0.258. The van der Waals surface area contributed by atoms with Gasteiger partial charge in [0.05, 0.1) is 6.07 Å². The maximum atomic E-state index is 9.01. The van der Waals surface area contributed by atoms with E-state index in [1.165, 1.54) is 16.7 Å². The van der Waals surface area contributed by atoms with Crippen molar-refractivity contribution in [2.24, 2.45) is 0 Å². The van der Waals surface area contributed by atoms with Gasteiger partial charge in [-0.25, -0.2) is 0 Å². The summed E-state index contributed by atoms with van der Waals surface area (Å²) in [4.78, 5) is 0. The van der Waals surface area contributed by atoms with Gasteiger partial charge < -0.3 is 9.74 Å². The van der Waals surface area contributed by atoms with E-state index in [4.69, 9.17) is 9.69 Å². The highest BCUT2D eigenvalue weighted by Gasteiger charge is 2.20. The summed E-state index contributed by atoms with van der Waals surface area (Å²) in [5.41, 5.74) is 3.92. The summed E-state index contributed by atoms with van der Waals surface area (Å²) in [6.07, 6.45) is 1.43. The first-order valence-corrected chi connectivity index (χ1v) is 14.3. The quantitative estimate of drug-likeness (QED) is 0.403. The van der Waals surface area contributed by atoms with Crippen LogP contribution < -0.4 is 5.32 Å². The van der Waals surface area contributed by atoms with Gasteiger partial charge in [-0.3, -0.25) is 0 Å². The van der Waals surface area contributed by atoms with Crippen molar-refractivity contribution in [3.05, 3.63) is 108 Å². The Morgan fingerprint density at radius 1 is 0.742 bits per heavy atom. The van der Waals surface area contributed by atoms with E-state index in [9.17, 15) is 0 Å². The summed E-state index contributed by atoms with van der Waals surface area (Å²) in [6.45, 7) is 8.19. The SMILES string of the molecule is C[Si](C)(C)O[C@H](C#N)CCc1ccccc1.c1ccc(CNCc2ccccc2)cc1. The molecule has 0 bridgehead atoms. The molecule has 0 spiro atoms. The molecule has 0 heterocycles. The fourth-order valence-electron chi connectivity index (χ4n) is 3.06. The Morgan fingerprint density at radius 2 is 1.16 bits per heavy atom. The molecule has 0 radical (unpaired) electrons. The third-order valence-electron chi connectivity index (χ3n) is 4.52. The Hall–Kier alpha value is -2.71. The summed E-state index contributed by atoms with van der Waals surface area (Å²) in [6, 6.07) is 33.4. The minimum Gasteiger partial charge on any atom is -0.402 e. The normalized spacial score (nSPS) is 11.7. The van der Waals surface area contributed by atoms with Gasteiger partial charge in [-0.05, 0) is 49.2 Å². The number of hydrogen-bond acceptors (Lipinski definition) is 3. The van der Waals surface area contributed by atoms with E-state index < -0.39 is 8.32 Å². The molecule has 162 valence electrons. The van der Waals surface area contributed by atoms with Crippen LogP contribution in [0, 0.1) is 11.3 Å². The predicted octanol–water partition coefficient (Wildman–Crippen LogP) is 6.34. The van der Waals surface area contributed by atoms with Crippen molar-refractivity contribution >= 4 is 8.32 Å². The zero-order valence-electron chi connectivity index (χ0n) is 18.9. The predicted molar refractivity (Wildman–Crippen MR) is 132 cm³/mol. The molecule has 0 aliphatic heterocycles. The van der Waals surface area contributed by atoms with E-state index >= 15 is 0 Å². The van der Waals surface area contributed by atoms with Crippen LogP contribution in [0.5, 0.6) is 0 Å². The largest absolute Gasteiger partial charge is 0.402 e. The highest BCUT2D eigenvalue weighted by atomic mass is 28.4. The fraction of sp³-hybridized carbons (Fsp3) is 0.296. The standard InChI is InChI=1S/C14H15N.C13H19NOSi/c1-3-7-13(8-4-1)11-15-12-14-9-5-2-6-10-14;1-16(2,3)15-13(11-14)10-9-12-7-5-4-6-8-12/h1-10,15H,11-12H2;4-8,13H,9-10H2,1-3H3/t;13-/m.0/s1. The van der Waals surface area contributed by atoms with Crippen LogP contribution in [-0.2, 0) is 23.9 Å². The maximum Gasteiger partial charge on any atom is 0.185 e. The molecular weight excluding hydrogens is 396 g/mol. The molecule has 0 amide bonds. The number of nitrogens with one attached hydrogen (secondary N) is 1. The first-order valence-electron chi connectivity index (χ1n) is 10.9. The molecule has 0 fully saturated rings. The first kappa shape index (κ1) is 24.6. The molecular formula is C27H34N2OSi. The Balaban J connectivity index is 0.000000220. The lowest BCUT2D eigenvalue weighted by Gasteiger charge is -2.21. The van der Waals surface area contributed by atoms with E-state index in [-0.39, 0.29) is 6.10 Å². The summed E-state index contributed by atoms with van der Waals surface area (Å²) in [5.74, 6) is 0. The zero-order valence-corrected chi connectivity index (χ0v) is 19.9. The zero-order chi connectivity index (χ0) is 22.4. The highest BCUT2D eigenvalue weighted by Crippen LogP contribution is 2.12. The molecule has 0 aliphatic carbocycles. The molecule has 3 aromatic rings. The van der Waals surface area contributed by atoms with Crippen LogP contribution >= 0.6 is 0 Å². The van der Waals surface area contributed by atoms with Crippen molar-refractivity contribution in [1.82, 2.24) is 5.32 Å². The smallest absolute Gasteiger partial charge is 0.185 e. The average molecular weight is 431 g/mol. The van der Waals surface area contributed by atoms with E-state index in [1.54, 1.807) is 0 Å².